The van der Waals surface area contributed by atoms with Crippen LogP contribution in [0.15, 0.2) is 0 Å². The molecule has 4 nitrogen and oxygen atoms in total. The molecule has 3 aliphatic rings. The summed E-state index contributed by atoms with van der Waals surface area (Å²) in [6.07, 6.45) is 2.85. The molecule has 0 radical (unpaired) electrons. The molecule has 0 amide bonds. The lowest BCUT2D eigenvalue weighted by Crippen LogP contribution is -2.51. The van der Waals surface area contributed by atoms with Gasteiger partial charge in [-0.15, -0.1) is 0 Å². The normalized spacial score (nSPS) is 29.5. The highest BCUT2D eigenvalue weighted by Crippen LogP contribution is 2.21. The number of likely N-dealkylation sites (tertiary alicyclic amines) is 2. The van der Waals surface area contributed by atoms with Gasteiger partial charge in [0.1, 0.15) is 0 Å². The quantitative estimate of drug-likeness (QED) is 0.783. The van der Waals surface area contributed by atoms with Crippen LogP contribution in [0.4, 0.5) is 0 Å². The van der Waals surface area contributed by atoms with Gasteiger partial charge in [0.25, 0.3) is 0 Å². The van der Waals surface area contributed by atoms with Crippen molar-refractivity contribution in [1.82, 2.24) is 20.0 Å². The van der Waals surface area contributed by atoms with Crippen molar-refractivity contribution in [3.05, 3.63) is 0 Å². The number of nitrogens with one attached hydrogen (secondary N) is 1. The van der Waals surface area contributed by atoms with Crippen molar-refractivity contribution < 1.29 is 0 Å². The minimum atomic E-state index is 0.953. The number of hydrogen-bond donors (Lipinski definition) is 1. The monoisotopic (exact) mass is 266 g/mol. The smallest absolute Gasteiger partial charge is 0.0107 e. The van der Waals surface area contributed by atoms with E-state index < -0.39 is 0 Å². The summed E-state index contributed by atoms with van der Waals surface area (Å²) in [5, 5.41) is 3.44. The van der Waals surface area contributed by atoms with Crippen LogP contribution in [-0.2, 0) is 0 Å². The maximum Gasteiger partial charge on any atom is 0.0107 e. The zero-order valence-corrected chi connectivity index (χ0v) is 12.5. The molecule has 0 aromatic heterocycles. The SMILES string of the molecule is CN1CC(CN2CCC(CN3CCNCC3)CC2)C1. The first kappa shape index (κ1) is 13.8. The summed E-state index contributed by atoms with van der Waals surface area (Å²) in [5.74, 6) is 1.91. The molecule has 0 saturated carbocycles. The van der Waals surface area contributed by atoms with Crippen molar-refractivity contribution in [1.29, 1.82) is 0 Å². The van der Waals surface area contributed by atoms with Gasteiger partial charge in [-0.25, -0.2) is 0 Å². The predicted molar refractivity (Wildman–Crippen MR) is 79.5 cm³/mol. The highest BCUT2D eigenvalue weighted by atomic mass is 15.2. The molecular formula is C15H30N4. The third-order valence-corrected chi connectivity index (χ3v) is 5.09. The Labute approximate surface area is 118 Å². The van der Waals surface area contributed by atoms with Crippen LogP contribution in [0.25, 0.3) is 0 Å². The van der Waals surface area contributed by atoms with Gasteiger partial charge >= 0.3 is 0 Å². The first-order valence-electron chi connectivity index (χ1n) is 8.13. The minimum Gasteiger partial charge on any atom is -0.314 e. The average molecular weight is 266 g/mol. The lowest BCUT2D eigenvalue weighted by molar-refractivity contribution is 0.0675. The van der Waals surface area contributed by atoms with Crippen LogP contribution >= 0.6 is 0 Å². The second-order valence-electron chi connectivity index (χ2n) is 6.88. The van der Waals surface area contributed by atoms with Gasteiger partial charge in [-0.2, -0.15) is 0 Å². The van der Waals surface area contributed by atoms with Gasteiger partial charge < -0.3 is 20.0 Å². The number of piperidine rings is 1. The van der Waals surface area contributed by atoms with Crippen LogP contribution in [0.2, 0.25) is 0 Å². The van der Waals surface area contributed by atoms with E-state index in [1.165, 1.54) is 78.3 Å². The third-order valence-electron chi connectivity index (χ3n) is 5.09. The first-order chi connectivity index (χ1) is 9.29. The van der Waals surface area contributed by atoms with Gasteiger partial charge in [0.05, 0.1) is 0 Å². The molecule has 3 aliphatic heterocycles. The molecule has 0 aromatic rings. The maximum atomic E-state index is 3.44. The summed E-state index contributed by atoms with van der Waals surface area (Å²) >= 11 is 0. The third kappa shape index (κ3) is 3.91. The molecule has 110 valence electrons. The molecule has 0 aliphatic carbocycles. The molecule has 3 saturated heterocycles. The highest BCUT2D eigenvalue weighted by Gasteiger charge is 2.28. The van der Waals surface area contributed by atoms with Crippen LogP contribution in [0.1, 0.15) is 12.8 Å². The van der Waals surface area contributed by atoms with Crippen LogP contribution in [-0.4, -0.2) is 87.2 Å². The number of hydrogen-bond acceptors (Lipinski definition) is 4. The van der Waals surface area contributed by atoms with Crippen molar-refractivity contribution in [3.8, 4) is 0 Å². The average Bonchev–Trinajstić information content (AvgIpc) is 2.40. The Morgan fingerprint density at radius 2 is 1.42 bits per heavy atom. The fraction of sp³-hybridized carbons (Fsp3) is 1.00. The Bertz CT molecular complexity index is 263. The second kappa shape index (κ2) is 6.53. The summed E-state index contributed by atoms with van der Waals surface area (Å²) in [6.45, 7) is 12.9. The van der Waals surface area contributed by atoms with Gasteiger partial charge in [-0.1, -0.05) is 0 Å². The van der Waals surface area contributed by atoms with E-state index in [0.29, 0.717) is 0 Å². The molecule has 0 unspecified atom stereocenters. The fourth-order valence-electron chi connectivity index (χ4n) is 3.92. The first-order valence-corrected chi connectivity index (χ1v) is 8.13. The molecule has 3 fully saturated rings. The van der Waals surface area contributed by atoms with E-state index in [1.54, 1.807) is 0 Å². The van der Waals surface area contributed by atoms with Crippen LogP contribution in [0.3, 0.4) is 0 Å². The van der Waals surface area contributed by atoms with Crippen LogP contribution < -0.4 is 5.32 Å². The lowest BCUT2D eigenvalue weighted by Gasteiger charge is -2.42. The Kier molecular flexibility index (Phi) is 4.74. The summed E-state index contributed by atoms with van der Waals surface area (Å²) in [4.78, 5) is 7.81. The zero-order chi connectivity index (χ0) is 13.1. The van der Waals surface area contributed by atoms with Gasteiger partial charge in [0, 0.05) is 52.4 Å². The molecule has 4 heteroatoms. The topological polar surface area (TPSA) is 21.8 Å². The number of piperazine rings is 1. The second-order valence-corrected chi connectivity index (χ2v) is 6.88. The molecule has 0 spiro atoms. The molecule has 0 atom stereocenters. The highest BCUT2D eigenvalue weighted by molar-refractivity contribution is 4.83. The summed E-state index contributed by atoms with van der Waals surface area (Å²) in [6, 6.07) is 0. The van der Waals surface area contributed by atoms with E-state index >= 15 is 0 Å². The van der Waals surface area contributed by atoms with E-state index in [2.05, 4.69) is 27.1 Å². The summed E-state index contributed by atoms with van der Waals surface area (Å²) < 4.78 is 0. The summed E-state index contributed by atoms with van der Waals surface area (Å²) in [7, 11) is 2.23. The van der Waals surface area contributed by atoms with E-state index in [1.807, 2.05) is 0 Å². The Morgan fingerprint density at radius 3 is 2.05 bits per heavy atom. The molecule has 1 N–H and O–H groups in total. The molecule has 3 heterocycles. The van der Waals surface area contributed by atoms with Crippen molar-refractivity contribution in [2.24, 2.45) is 11.8 Å². The Morgan fingerprint density at radius 1 is 0.842 bits per heavy atom. The van der Waals surface area contributed by atoms with Crippen LogP contribution in [0.5, 0.6) is 0 Å². The van der Waals surface area contributed by atoms with Crippen molar-refractivity contribution >= 4 is 0 Å². The van der Waals surface area contributed by atoms with E-state index in [9.17, 15) is 0 Å². The molecule has 0 bridgehead atoms. The number of nitrogens with zero attached hydrogens (tertiary/aromatic N) is 3. The molecule has 3 rings (SSSR count). The Balaban J connectivity index is 1.32. The largest absolute Gasteiger partial charge is 0.314 e. The molecular weight excluding hydrogens is 236 g/mol. The zero-order valence-electron chi connectivity index (χ0n) is 12.5. The fourth-order valence-corrected chi connectivity index (χ4v) is 3.92. The van der Waals surface area contributed by atoms with Gasteiger partial charge in [0.15, 0.2) is 0 Å². The van der Waals surface area contributed by atoms with Crippen LogP contribution in [0, 0.1) is 11.8 Å². The van der Waals surface area contributed by atoms with Gasteiger partial charge in [-0.05, 0) is 44.8 Å². The van der Waals surface area contributed by atoms with E-state index in [4.69, 9.17) is 0 Å². The molecule has 0 aromatic carbocycles. The standard InChI is InChI=1S/C15H30N4/c1-17-10-15(11-17)13-18-6-2-14(3-7-18)12-19-8-4-16-5-9-19/h14-16H,2-13H2,1H3. The lowest BCUT2D eigenvalue weighted by atomic mass is 9.93. The van der Waals surface area contributed by atoms with Gasteiger partial charge in [-0.3, -0.25) is 0 Å². The van der Waals surface area contributed by atoms with E-state index in [-0.39, 0.29) is 0 Å². The van der Waals surface area contributed by atoms with E-state index in [0.717, 1.165) is 11.8 Å². The minimum absolute atomic E-state index is 0.953. The van der Waals surface area contributed by atoms with Gasteiger partial charge in [0.2, 0.25) is 0 Å². The summed E-state index contributed by atoms with van der Waals surface area (Å²) in [5.41, 5.74) is 0. The predicted octanol–water partition coefficient (Wildman–Crippen LogP) is 0.165. The maximum absolute atomic E-state index is 3.44. The Hall–Kier alpha value is -0.160. The van der Waals surface area contributed by atoms with Crippen molar-refractivity contribution in [2.75, 3.05) is 72.5 Å². The molecule has 19 heavy (non-hydrogen) atoms. The van der Waals surface area contributed by atoms with Crippen molar-refractivity contribution in [3.63, 3.8) is 0 Å². The van der Waals surface area contributed by atoms with Crippen molar-refractivity contribution in [2.45, 2.75) is 12.8 Å². The number of rotatable bonds is 4.